The van der Waals surface area contributed by atoms with E-state index in [4.69, 9.17) is 0 Å². The Morgan fingerprint density at radius 1 is 1.47 bits per heavy atom. The largest absolute Gasteiger partial charge is 0.389 e. The van der Waals surface area contributed by atoms with Crippen LogP contribution in [0.25, 0.3) is 0 Å². The molecule has 0 unspecified atom stereocenters. The Morgan fingerprint density at radius 2 is 2.12 bits per heavy atom. The third-order valence-electron chi connectivity index (χ3n) is 2.30. The van der Waals surface area contributed by atoms with Gasteiger partial charge in [-0.15, -0.1) is 5.10 Å². The number of hydrogen-bond acceptors (Lipinski definition) is 4. The van der Waals surface area contributed by atoms with Crippen LogP contribution in [0, 0.1) is 0 Å². The Morgan fingerprint density at radius 3 is 2.53 bits per heavy atom. The van der Waals surface area contributed by atoms with E-state index in [9.17, 15) is 9.90 Å². The Hall–Kier alpha value is -1.43. The summed E-state index contributed by atoms with van der Waals surface area (Å²) in [6.07, 6.45) is 0.706. The second kappa shape index (κ2) is 5.27. The van der Waals surface area contributed by atoms with Gasteiger partial charge >= 0.3 is 0 Å². The predicted octanol–water partition coefficient (Wildman–Crippen LogP) is 0.600. The maximum absolute atomic E-state index is 12.1. The second-order valence-corrected chi connectivity index (χ2v) is 4.59. The molecule has 0 spiro atoms. The first-order chi connectivity index (χ1) is 7.87. The highest BCUT2D eigenvalue weighted by Crippen LogP contribution is 2.08. The van der Waals surface area contributed by atoms with Crippen molar-refractivity contribution in [2.75, 3.05) is 13.1 Å². The summed E-state index contributed by atoms with van der Waals surface area (Å²) in [5.74, 6) is 0.589. The van der Waals surface area contributed by atoms with Crippen LogP contribution in [0.1, 0.15) is 44.1 Å². The van der Waals surface area contributed by atoms with Crippen molar-refractivity contribution in [2.24, 2.45) is 0 Å². The highest BCUT2D eigenvalue weighted by molar-refractivity contribution is 5.90. The summed E-state index contributed by atoms with van der Waals surface area (Å²) in [5, 5.41) is 16.3. The first-order valence-electron chi connectivity index (χ1n) is 5.80. The SMILES string of the molecule is CCc1nc(C(=O)N(CC)CC(C)(C)O)n[nH]1. The smallest absolute Gasteiger partial charge is 0.293 e. The van der Waals surface area contributed by atoms with E-state index in [0.29, 0.717) is 18.8 Å². The van der Waals surface area contributed by atoms with Gasteiger partial charge in [0.2, 0.25) is 5.82 Å². The zero-order valence-corrected chi connectivity index (χ0v) is 10.8. The Labute approximate surface area is 101 Å². The Balaban J connectivity index is 2.79. The molecule has 6 nitrogen and oxygen atoms in total. The van der Waals surface area contributed by atoms with Crippen LogP contribution in [0.5, 0.6) is 0 Å². The van der Waals surface area contributed by atoms with Crippen LogP contribution in [-0.4, -0.2) is 49.8 Å². The lowest BCUT2D eigenvalue weighted by Gasteiger charge is -2.27. The molecule has 1 aromatic rings. The van der Waals surface area contributed by atoms with E-state index in [2.05, 4.69) is 15.2 Å². The van der Waals surface area contributed by atoms with Crippen molar-refractivity contribution < 1.29 is 9.90 Å². The summed E-state index contributed by atoms with van der Waals surface area (Å²) in [5.41, 5.74) is -0.921. The molecule has 0 saturated heterocycles. The minimum absolute atomic E-state index is 0.160. The number of aromatic amines is 1. The van der Waals surface area contributed by atoms with Crippen LogP contribution < -0.4 is 0 Å². The van der Waals surface area contributed by atoms with Gasteiger partial charge < -0.3 is 10.0 Å². The van der Waals surface area contributed by atoms with Crippen molar-refractivity contribution >= 4 is 5.91 Å². The average molecular weight is 240 g/mol. The molecule has 1 aromatic heterocycles. The maximum atomic E-state index is 12.1. The average Bonchev–Trinajstić information content (AvgIpc) is 2.72. The summed E-state index contributed by atoms with van der Waals surface area (Å²) in [6.45, 7) is 7.90. The number of amides is 1. The maximum Gasteiger partial charge on any atom is 0.293 e. The Bertz CT molecular complexity index is 381. The summed E-state index contributed by atoms with van der Waals surface area (Å²) >= 11 is 0. The summed E-state index contributed by atoms with van der Waals surface area (Å²) in [4.78, 5) is 17.7. The Kier molecular flexibility index (Phi) is 4.22. The van der Waals surface area contributed by atoms with Gasteiger partial charge in [0, 0.05) is 19.5 Å². The molecule has 6 heteroatoms. The van der Waals surface area contributed by atoms with Gasteiger partial charge in [0.15, 0.2) is 0 Å². The van der Waals surface area contributed by atoms with E-state index in [-0.39, 0.29) is 18.3 Å². The van der Waals surface area contributed by atoms with Gasteiger partial charge in [-0.3, -0.25) is 9.89 Å². The summed E-state index contributed by atoms with van der Waals surface area (Å²) < 4.78 is 0. The van der Waals surface area contributed by atoms with Gasteiger partial charge in [0.25, 0.3) is 5.91 Å². The minimum Gasteiger partial charge on any atom is -0.389 e. The number of aliphatic hydroxyl groups is 1. The normalized spacial score (nSPS) is 11.6. The zero-order valence-electron chi connectivity index (χ0n) is 10.8. The molecule has 0 atom stereocenters. The lowest BCUT2D eigenvalue weighted by Crippen LogP contribution is -2.42. The van der Waals surface area contributed by atoms with Crippen LogP contribution in [0.4, 0.5) is 0 Å². The number of carbonyl (C=O) groups is 1. The van der Waals surface area contributed by atoms with Gasteiger partial charge in [-0.05, 0) is 20.8 Å². The standard InChI is InChI=1S/C11H20N4O2/c1-5-8-12-9(14-13-8)10(16)15(6-2)7-11(3,4)17/h17H,5-7H2,1-4H3,(H,12,13,14). The van der Waals surface area contributed by atoms with Crippen LogP contribution in [-0.2, 0) is 6.42 Å². The molecule has 0 saturated carbocycles. The number of carbonyl (C=O) groups excluding carboxylic acids is 1. The number of nitrogens with zero attached hydrogens (tertiary/aromatic N) is 3. The van der Waals surface area contributed by atoms with Crippen LogP contribution in [0.2, 0.25) is 0 Å². The highest BCUT2D eigenvalue weighted by Gasteiger charge is 2.24. The molecule has 0 aliphatic heterocycles. The number of likely N-dealkylation sites (N-methyl/N-ethyl adjacent to an activating group) is 1. The topological polar surface area (TPSA) is 82.1 Å². The molecular weight excluding hydrogens is 220 g/mol. The van der Waals surface area contributed by atoms with Gasteiger partial charge in [0.1, 0.15) is 5.82 Å². The molecule has 1 heterocycles. The number of hydrogen-bond donors (Lipinski definition) is 2. The number of nitrogens with one attached hydrogen (secondary N) is 1. The van der Waals surface area contributed by atoms with Crippen molar-refractivity contribution in [2.45, 2.75) is 39.7 Å². The van der Waals surface area contributed by atoms with Gasteiger partial charge in [-0.1, -0.05) is 6.92 Å². The van der Waals surface area contributed by atoms with E-state index >= 15 is 0 Å². The van der Waals surface area contributed by atoms with Crippen molar-refractivity contribution in [1.82, 2.24) is 20.1 Å². The van der Waals surface area contributed by atoms with Gasteiger partial charge in [-0.25, -0.2) is 4.98 Å². The fraction of sp³-hybridized carbons (Fsp3) is 0.727. The van der Waals surface area contributed by atoms with E-state index < -0.39 is 5.60 Å². The molecule has 0 aromatic carbocycles. The first kappa shape index (κ1) is 13.6. The van der Waals surface area contributed by atoms with Gasteiger partial charge in [-0.2, -0.15) is 0 Å². The number of aryl methyl sites for hydroxylation is 1. The van der Waals surface area contributed by atoms with Crippen LogP contribution in [0.3, 0.4) is 0 Å². The quantitative estimate of drug-likeness (QED) is 0.789. The molecule has 2 N–H and O–H groups in total. The first-order valence-corrected chi connectivity index (χ1v) is 5.80. The van der Waals surface area contributed by atoms with Crippen molar-refractivity contribution in [3.63, 3.8) is 0 Å². The third-order valence-corrected chi connectivity index (χ3v) is 2.30. The highest BCUT2D eigenvalue weighted by atomic mass is 16.3. The summed E-state index contributed by atoms with van der Waals surface area (Å²) in [6, 6.07) is 0. The molecule has 17 heavy (non-hydrogen) atoms. The van der Waals surface area contributed by atoms with E-state index in [1.165, 1.54) is 4.90 Å². The molecule has 96 valence electrons. The number of rotatable bonds is 5. The number of H-pyrrole nitrogens is 1. The fourth-order valence-electron chi connectivity index (χ4n) is 1.48. The molecule has 1 rings (SSSR count). The molecule has 0 aliphatic carbocycles. The van der Waals surface area contributed by atoms with Crippen molar-refractivity contribution in [3.8, 4) is 0 Å². The van der Waals surface area contributed by atoms with E-state index in [1.807, 2.05) is 13.8 Å². The van der Waals surface area contributed by atoms with Crippen LogP contribution in [0.15, 0.2) is 0 Å². The van der Waals surface area contributed by atoms with Gasteiger partial charge in [0.05, 0.1) is 5.60 Å². The molecule has 1 amide bonds. The van der Waals surface area contributed by atoms with Crippen LogP contribution >= 0.6 is 0 Å². The molecule has 0 bridgehead atoms. The van der Waals surface area contributed by atoms with Crippen molar-refractivity contribution in [1.29, 1.82) is 0 Å². The second-order valence-electron chi connectivity index (χ2n) is 4.59. The predicted molar refractivity (Wildman–Crippen MR) is 63.6 cm³/mol. The van der Waals surface area contributed by atoms with Crippen molar-refractivity contribution in [3.05, 3.63) is 11.6 Å². The molecule has 0 aliphatic rings. The monoisotopic (exact) mass is 240 g/mol. The summed E-state index contributed by atoms with van der Waals surface area (Å²) in [7, 11) is 0. The van der Waals surface area contributed by atoms with E-state index in [1.54, 1.807) is 13.8 Å². The minimum atomic E-state index is -0.921. The molecule has 0 fully saturated rings. The number of aromatic nitrogens is 3. The lowest BCUT2D eigenvalue weighted by atomic mass is 10.1. The fourth-order valence-corrected chi connectivity index (χ4v) is 1.48. The zero-order chi connectivity index (χ0) is 13.1. The molecule has 0 radical (unpaired) electrons. The third kappa shape index (κ3) is 3.81. The lowest BCUT2D eigenvalue weighted by molar-refractivity contribution is 0.0308. The molecular formula is C11H20N4O2. The van der Waals surface area contributed by atoms with E-state index in [0.717, 1.165) is 0 Å².